The van der Waals surface area contributed by atoms with E-state index < -0.39 is 18.9 Å². The predicted molar refractivity (Wildman–Crippen MR) is 42.0 cm³/mol. The third-order valence-electron chi connectivity index (χ3n) is 1.67. The quantitative estimate of drug-likeness (QED) is 0.509. The van der Waals surface area contributed by atoms with Crippen molar-refractivity contribution in [1.29, 1.82) is 0 Å². The van der Waals surface area contributed by atoms with Crippen LogP contribution in [0.1, 0.15) is 38.5 Å². The van der Waals surface area contributed by atoms with Crippen molar-refractivity contribution in [3.05, 3.63) is 0 Å². The highest BCUT2D eigenvalue weighted by atomic mass is 19.4. The Morgan fingerprint density at radius 2 is 1.46 bits per heavy atom. The number of hydrogen-bond donors (Lipinski definition) is 2. The van der Waals surface area contributed by atoms with E-state index in [1.807, 2.05) is 0 Å². The summed E-state index contributed by atoms with van der Waals surface area (Å²) in [5.41, 5.74) is 0. The Kier molecular flexibility index (Phi) is 6.07. The lowest BCUT2D eigenvalue weighted by Gasteiger charge is -2.05. The van der Waals surface area contributed by atoms with Gasteiger partial charge in [-0.15, -0.1) is 0 Å². The summed E-state index contributed by atoms with van der Waals surface area (Å²) in [6, 6.07) is 0. The number of rotatable bonds is 6. The Balaban J connectivity index is 3.09. The first-order chi connectivity index (χ1) is 5.92. The van der Waals surface area contributed by atoms with Crippen LogP contribution in [0.15, 0.2) is 0 Å². The topological polar surface area (TPSA) is 40.5 Å². The van der Waals surface area contributed by atoms with E-state index in [0.29, 0.717) is 19.3 Å². The number of hydrogen-bond acceptors (Lipinski definition) is 2. The van der Waals surface area contributed by atoms with E-state index in [2.05, 4.69) is 0 Å². The van der Waals surface area contributed by atoms with Crippen LogP contribution in [0.5, 0.6) is 0 Å². The third-order valence-corrected chi connectivity index (χ3v) is 1.67. The zero-order valence-corrected chi connectivity index (χ0v) is 7.35. The fourth-order valence-corrected chi connectivity index (χ4v) is 1.01. The molecule has 0 fully saturated rings. The van der Waals surface area contributed by atoms with Gasteiger partial charge in [-0.2, -0.15) is 13.2 Å². The molecule has 0 rings (SSSR count). The number of aliphatic hydroxyl groups is 2. The van der Waals surface area contributed by atoms with Gasteiger partial charge >= 0.3 is 6.18 Å². The van der Waals surface area contributed by atoms with Crippen LogP contribution in [0.2, 0.25) is 0 Å². The molecule has 0 saturated carbocycles. The molecule has 0 radical (unpaired) electrons. The molecule has 0 aromatic heterocycles. The minimum Gasteiger partial charge on any atom is -0.368 e. The highest BCUT2D eigenvalue weighted by Gasteiger charge is 2.25. The molecule has 2 nitrogen and oxygen atoms in total. The van der Waals surface area contributed by atoms with E-state index in [0.717, 1.165) is 0 Å². The van der Waals surface area contributed by atoms with Gasteiger partial charge in [-0.25, -0.2) is 0 Å². The molecule has 0 saturated heterocycles. The molecule has 0 aliphatic heterocycles. The van der Waals surface area contributed by atoms with E-state index >= 15 is 0 Å². The molecule has 2 N–H and O–H groups in total. The minimum atomic E-state index is -4.06. The second kappa shape index (κ2) is 6.21. The molecule has 0 amide bonds. The van der Waals surface area contributed by atoms with Crippen LogP contribution in [0.3, 0.4) is 0 Å². The lowest BCUT2D eigenvalue weighted by atomic mass is 10.1. The van der Waals surface area contributed by atoms with Crippen molar-refractivity contribution in [3.8, 4) is 0 Å². The Morgan fingerprint density at radius 3 is 1.92 bits per heavy atom. The van der Waals surface area contributed by atoms with Crippen LogP contribution in [-0.4, -0.2) is 22.7 Å². The maximum Gasteiger partial charge on any atom is 0.389 e. The summed E-state index contributed by atoms with van der Waals surface area (Å²) in [6.45, 7) is 0. The first kappa shape index (κ1) is 12.7. The predicted octanol–water partition coefficient (Wildman–Crippen LogP) is 2.20. The molecule has 0 aromatic rings. The van der Waals surface area contributed by atoms with Crippen molar-refractivity contribution in [1.82, 2.24) is 0 Å². The largest absolute Gasteiger partial charge is 0.389 e. The van der Waals surface area contributed by atoms with Crippen LogP contribution in [0.4, 0.5) is 13.2 Å². The van der Waals surface area contributed by atoms with Crippen LogP contribution in [0, 0.1) is 0 Å². The molecular formula is C8H15F3O2. The van der Waals surface area contributed by atoms with Crippen LogP contribution in [-0.2, 0) is 0 Å². The van der Waals surface area contributed by atoms with Gasteiger partial charge in [0.15, 0.2) is 6.29 Å². The monoisotopic (exact) mass is 200 g/mol. The van der Waals surface area contributed by atoms with Crippen molar-refractivity contribution in [2.45, 2.75) is 51.0 Å². The van der Waals surface area contributed by atoms with Gasteiger partial charge in [0, 0.05) is 6.42 Å². The average Bonchev–Trinajstić information content (AvgIpc) is 1.93. The smallest absolute Gasteiger partial charge is 0.368 e. The third kappa shape index (κ3) is 11.7. The molecule has 0 atom stereocenters. The van der Waals surface area contributed by atoms with E-state index in [1.54, 1.807) is 0 Å². The lowest BCUT2D eigenvalue weighted by molar-refractivity contribution is -0.135. The summed E-state index contributed by atoms with van der Waals surface area (Å²) in [6.07, 6.45) is -4.08. The van der Waals surface area contributed by atoms with Crippen molar-refractivity contribution >= 4 is 0 Å². The molecular weight excluding hydrogens is 185 g/mol. The molecule has 0 aliphatic rings. The summed E-state index contributed by atoms with van der Waals surface area (Å²) in [7, 11) is 0. The van der Waals surface area contributed by atoms with Crippen molar-refractivity contribution in [2.75, 3.05) is 0 Å². The highest BCUT2D eigenvalue weighted by molar-refractivity contribution is 4.52. The summed E-state index contributed by atoms with van der Waals surface area (Å²) >= 11 is 0. The molecule has 0 heterocycles. The first-order valence-electron chi connectivity index (χ1n) is 4.35. The van der Waals surface area contributed by atoms with Crippen LogP contribution < -0.4 is 0 Å². The number of aliphatic hydroxyl groups excluding tert-OH is 1. The summed E-state index contributed by atoms with van der Waals surface area (Å²) in [5, 5.41) is 16.8. The highest BCUT2D eigenvalue weighted by Crippen LogP contribution is 2.22. The van der Waals surface area contributed by atoms with E-state index in [1.165, 1.54) is 0 Å². The van der Waals surface area contributed by atoms with E-state index in [4.69, 9.17) is 10.2 Å². The van der Waals surface area contributed by atoms with E-state index in [-0.39, 0.29) is 12.8 Å². The number of alkyl halides is 3. The van der Waals surface area contributed by atoms with Crippen LogP contribution >= 0.6 is 0 Å². The summed E-state index contributed by atoms with van der Waals surface area (Å²) < 4.78 is 34.8. The average molecular weight is 200 g/mol. The Morgan fingerprint density at radius 1 is 0.923 bits per heavy atom. The summed E-state index contributed by atoms with van der Waals surface area (Å²) in [4.78, 5) is 0. The summed E-state index contributed by atoms with van der Waals surface area (Å²) in [5.74, 6) is 0. The second-order valence-corrected chi connectivity index (χ2v) is 3.05. The van der Waals surface area contributed by atoms with Gasteiger partial charge in [-0.1, -0.05) is 12.8 Å². The zero-order chi connectivity index (χ0) is 10.3. The van der Waals surface area contributed by atoms with Gasteiger partial charge in [0.2, 0.25) is 0 Å². The molecule has 0 spiro atoms. The van der Waals surface area contributed by atoms with Gasteiger partial charge in [0.1, 0.15) is 0 Å². The van der Waals surface area contributed by atoms with Gasteiger partial charge in [-0.3, -0.25) is 0 Å². The van der Waals surface area contributed by atoms with Crippen molar-refractivity contribution in [3.63, 3.8) is 0 Å². The SMILES string of the molecule is OC(O)CCCCCCC(F)(F)F. The normalized spacial score (nSPS) is 12.5. The van der Waals surface area contributed by atoms with Gasteiger partial charge in [0.05, 0.1) is 0 Å². The molecule has 0 unspecified atom stereocenters. The number of unbranched alkanes of at least 4 members (excludes halogenated alkanes) is 3. The van der Waals surface area contributed by atoms with Crippen LogP contribution in [0.25, 0.3) is 0 Å². The van der Waals surface area contributed by atoms with Crippen molar-refractivity contribution in [2.24, 2.45) is 0 Å². The number of halogens is 3. The molecule has 80 valence electrons. The van der Waals surface area contributed by atoms with Crippen molar-refractivity contribution < 1.29 is 23.4 Å². The van der Waals surface area contributed by atoms with Gasteiger partial charge in [0.25, 0.3) is 0 Å². The molecule has 0 aromatic carbocycles. The minimum absolute atomic E-state index is 0.130. The Hall–Kier alpha value is -0.290. The first-order valence-corrected chi connectivity index (χ1v) is 4.35. The van der Waals surface area contributed by atoms with E-state index in [9.17, 15) is 13.2 Å². The maximum absolute atomic E-state index is 11.6. The fourth-order valence-electron chi connectivity index (χ4n) is 1.01. The van der Waals surface area contributed by atoms with Gasteiger partial charge < -0.3 is 10.2 Å². The maximum atomic E-state index is 11.6. The molecule has 0 bridgehead atoms. The molecule has 5 heteroatoms. The zero-order valence-electron chi connectivity index (χ0n) is 7.35. The second-order valence-electron chi connectivity index (χ2n) is 3.05. The lowest BCUT2D eigenvalue weighted by Crippen LogP contribution is -2.06. The standard InChI is InChI=1S/C8H15F3O2/c9-8(10,11)6-4-2-1-3-5-7(12)13/h7,12-13H,1-6H2. The van der Waals surface area contributed by atoms with Gasteiger partial charge in [-0.05, 0) is 19.3 Å². The molecule has 0 aliphatic carbocycles. The fraction of sp³-hybridized carbons (Fsp3) is 1.00. The Bertz CT molecular complexity index is 123. The molecule has 13 heavy (non-hydrogen) atoms. The Labute approximate surface area is 75.4 Å².